The predicted octanol–water partition coefficient (Wildman–Crippen LogP) is 2.92. The van der Waals surface area contributed by atoms with E-state index in [1.807, 2.05) is 36.4 Å². The van der Waals surface area contributed by atoms with E-state index in [2.05, 4.69) is 10.1 Å². The number of carbonyl (C=O) groups is 1. The molecule has 0 spiro atoms. The highest BCUT2D eigenvalue weighted by Gasteiger charge is 2.36. The standard InChI is InChI=1S/C21H21N3O4/c1-26-17-9-5-3-7-14(17)11-19-22-20(28-23-19)15-12-24(13-15)21(25)16-8-4-6-10-18(16)27-2/h3-10,15H,11-13H2,1-2H3. The monoisotopic (exact) mass is 379 g/mol. The molecule has 1 aromatic heterocycles. The summed E-state index contributed by atoms with van der Waals surface area (Å²) in [6.07, 6.45) is 0.532. The summed E-state index contributed by atoms with van der Waals surface area (Å²) in [6, 6.07) is 15.0. The van der Waals surface area contributed by atoms with E-state index < -0.39 is 0 Å². The molecule has 0 bridgehead atoms. The highest BCUT2D eigenvalue weighted by molar-refractivity contribution is 5.97. The molecule has 2 aromatic carbocycles. The van der Waals surface area contributed by atoms with E-state index in [1.165, 1.54) is 0 Å². The molecule has 0 saturated carbocycles. The van der Waals surface area contributed by atoms with Crippen LogP contribution in [0.2, 0.25) is 0 Å². The van der Waals surface area contributed by atoms with Gasteiger partial charge in [-0.2, -0.15) is 4.98 Å². The first-order valence-electron chi connectivity index (χ1n) is 9.06. The zero-order valence-corrected chi connectivity index (χ0v) is 15.8. The molecular weight excluding hydrogens is 358 g/mol. The van der Waals surface area contributed by atoms with Crippen LogP contribution in [-0.4, -0.2) is 48.3 Å². The SMILES string of the molecule is COc1ccccc1Cc1noc(C2CN(C(=O)c3ccccc3OC)C2)n1. The third-order valence-electron chi connectivity index (χ3n) is 4.88. The van der Waals surface area contributed by atoms with E-state index in [4.69, 9.17) is 14.0 Å². The van der Waals surface area contributed by atoms with Gasteiger partial charge in [0, 0.05) is 25.1 Å². The molecule has 7 nitrogen and oxygen atoms in total. The number of likely N-dealkylation sites (tertiary alicyclic amines) is 1. The first-order chi connectivity index (χ1) is 13.7. The number of aromatic nitrogens is 2. The van der Waals surface area contributed by atoms with Crippen LogP contribution in [0.25, 0.3) is 0 Å². The van der Waals surface area contributed by atoms with Gasteiger partial charge in [0.15, 0.2) is 5.82 Å². The minimum Gasteiger partial charge on any atom is -0.496 e. The number of benzene rings is 2. The van der Waals surface area contributed by atoms with Gasteiger partial charge in [-0.1, -0.05) is 35.5 Å². The molecule has 0 aliphatic carbocycles. The molecule has 0 N–H and O–H groups in total. The van der Waals surface area contributed by atoms with Gasteiger partial charge >= 0.3 is 0 Å². The van der Waals surface area contributed by atoms with Crippen LogP contribution in [0.1, 0.15) is 33.6 Å². The molecule has 1 saturated heterocycles. The Bertz CT molecular complexity index is 979. The van der Waals surface area contributed by atoms with Crippen molar-refractivity contribution in [3.8, 4) is 11.5 Å². The number of rotatable bonds is 6. The number of hydrogen-bond acceptors (Lipinski definition) is 6. The van der Waals surface area contributed by atoms with Gasteiger partial charge in [-0.3, -0.25) is 4.79 Å². The number of ether oxygens (including phenoxy) is 2. The topological polar surface area (TPSA) is 77.7 Å². The van der Waals surface area contributed by atoms with E-state index in [1.54, 1.807) is 31.3 Å². The average molecular weight is 379 g/mol. The van der Waals surface area contributed by atoms with E-state index in [0.717, 1.165) is 11.3 Å². The maximum absolute atomic E-state index is 12.7. The first-order valence-corrected chi connectivity index (χ1v) is 9.06. The van der Waals surface area contributed by atoms with Gasteiger partial charge in [0.25, 0.3) is 5.91 Å². The molecule has 28 heavy (non-hydrogen) atoms. The second-order valence-electron chi connectivity index (χ2n) is 6.64. The van der Waals surface area contributed by atoms with E-state index >= 15 is 0 Å². The van der Waals surface area contributed by atoms with E-state index in [0.29, 0.717) is 42.5 Å². The summed E-state index contributed by atoms with van der Waals surface area (Å²) in [5.41, 5.74) is 1.56. The Labute approximate surface area is 162 Å². The Hall–Kier alpha value is -3.35. The normalized spacial score (nSPS) is 13.9. The number of methoxy groups -OCH3 is 2. The quantitative estimate of drug-likeness (QED) is 0.655. The number of para-hydroxylation sites is 2. The zero-order chi connectivity index (χ0) is 19.5. The van der Waals surface area contributed by atoms with Crippen molar-refractivity contribution in [3.63, 3.8) is 0 Å². The highest BCUT2D eigenvalue weighted by atomic mass is 16.5. The average Bonchev–Trinajstić information content (AvgIpc) is 3.15. The van der Waals surface area contributed by atoms with Crippen LogP contribution in [0.3, 0.4) is 0 Å². The largest absolute Gasteiger partial charge is 0.496 e. The Morgan fingerprint density at radius 1 is 1.07 bits per heavy atom. The highest BCUT2D eigenvalue weighted by Crippen LogP contribution is 2.30. The predicted molar refractivity (Wildman–Crippen MR) is 102 cm³/mol. The minimum atomic E-state index is -0.0533. The first kappa shape index (κ1) is 18.0. The van der Waals surface area contributed by atoms with Crippen molar-refractivity contribution in [3.05, 3.63) is 71.4 Å². The summed E-state index contributed by atoms with van der Waals surface area (Å²) in [6.45, 7) is 1.10. The molecule has 0 unspecified atom stereocenters. The molecule has 0 atom stereocenters. The summed E-state index contributed by atoms with van der Waals surface area (Å²) >= 11 is 0. The Balaban J connectivity index is 1.40. The van der Waals surface area contributed by atoms with Crippen molar-refractivity contribution in [2.75, 3.05) is 27.3 Å². The number of amides is 1. The Kier molecular flexibility index (Phi) is 4.97. The summed E-state index contributed by atoms with van der Waals surface area (Å²) in [5.74, 6) is 2.54. The number of hydrogen-bond donors (Lipinski definition) is 0. The maximum atomic E-state index is 12.7. The van der Waals surface area contributed by atoms with Gasteiger partial charge in [-0.15, -0.1) is 0 Å². The third kappa shape index (κ3) is 3.43. The van der Waals surface area contributed by atoms with Gasteiger partial charge in [0.2, 0.25) is 5.89 Å². The molecule has 0 radical (unpaired) electrons. The lowest BCUT2D eigenvalue weighted by Gasteiger charge is -2.37. The van der Waals surface area contributed by atoms with Crippen molar-refractivity contribution < 1.29 is 18.8 Å². The third-order valence-corrected chi connectivity index (χ3v) is 4.88. The van der Waals surface area contributed by atoms with Crippen molar-refractivity contribution in [1.29, 1.82) is 0 Å². The second kappa shape index (κ2) is 7.72. The van der Waals surface area contributed by atoms with Crippen LogP contribution in [0, 0.1) is 0 Å². The fourth-order valence-electron chi connectivity index (χ4n) is 3.32. The van der Waals surface area contributed by atoms with Crippen LogP contribution < -0.4 is 9.47 Å². The van der Waals surface area contributed by atoms with Gasteiger partial charge < -0.3 is 18.9 Å². The van der Waals surface area contributed by atoms with Crippen LogP contribution in [0.15, 0.2) is 53.1 Å². The van der Waals surface area contributed by atoms with Crippen LogP contribution in [-0.2, 0) is 6.42 Å². The molecular formula is C21H21N3O4. The van der Waals surface area contributed by atoms with Gasteiger partial charge in [-0.05, 0) is 18.2 Å². The summed E-state index contributed by atoms with van der Waals surface area (Å²) in [7, 11) is 3.20. The summed E-state index contributed by atoms with van der Waals surface area (Å²) < 4.78 is 16.1. The zero-order valence-electron chi connectivity index (χ0n) is 15.8. The number of nitrogens with zero attached hydrogens (tertiary/aromatic N) is 3. The minimum absolute atomic E-state index is 0.0533. The van der Waals surface area contributed by atoms with Crippen LogP contribution in [0.4, 0.5) is 0 Å². The van der Waals surface area contributed by atoms with Crippen molar-refractivity contribution in [2.45, 2.75) is 12.3 Å². The van der Waals surface area contributed by atoms with Crippen LogP contribution >= 0.6 is 0 Å². The Morgan fingerprint density at radius 2 is 1.75 bits per heavy atom. The molecule has 1 fully saturated rings. The molecule has 2 heterocycles. The lowest BCUT2D eigenvalue weighted by atomic mass is 9.98. The van der Waals surface area contributed by atoms with E-state index in [-0.39, 0.29) is 11.8 Å². The molecule has 7 heteroatoms. The smallest absolute Gasteiger partial charge is 0.257 e. The molecule has 144 valence electrons. The lowest BCUT2D eigenvalue weighted by molar-refractivity contribution is 0.0566. The van der Waals surface area contributed by atoms with Crippen molar-refractivity contribution >= 4 is 5.91 Å². The fourth-order valence-corrected chi connectivity index (χ4v) is 3.32. The van der Waals surface area contributed by atoms with Gasteiger partial charge in [-0.25, -0.2) is 0 Å². The summed E-state index contributed by atoms with van der Waals surface area (Å²) in [5, 5.41) is 4.08. The fraction of sp³-hybridized carbons (Fsp3) is 0.286. The lowest BCUT2D eigenvalue weighted by Crippen LogP contribution is -2.48. The van der Waals surface area contributed by atoms with Crippen molar-refractivity contribution in [2.24, 2.45) is 0 Å². The van der Waals surface area contributed by atoms with Gasteiger partial charge in [0.1, 0.15) is 11.5 Å². The Morgan fingerprint density at radius 3 is 2.50 bits per heavy atom. The molecule has 1 amide bonds. The molecule has 1 aliphatic rings. The van der Waals surface area contributed by atoms with Crippen LogP contribution in [0.5, 0.6) is 11.5 Å². The number of carbonyl (C=O) groups excluding carboxylic acids is 1. The molecule has 1 aliphatic heterocycles. The molecule has 3 aromatic rings. The molecule has 4 rings (SSSR count). The maximum Gasteiger partial charge on any atom is 0.257 e. The van der Waals surface area contributed by atoms with Crippen molar-refractivity contribution in [1.82, 2.24) is 15.0 Å². The second-order valence-corrected chi connectivity index (χ2v) is 6.64. The van der Waals surface area contributed by atoms with Gasteiger partial charge in [0.05, 0.1) is 25.7 Å². The summed E-state index contributed by atoms with van der Waals surface area (Å²) in [4.78, 5) is 18.9. The van der Waals surface area contributed by atoms with E-state index in [9.17, 15) is 4.79 Å².